The molecule has 0 radical (unpaired) electrons. The monoisotopic (exact) mass is 269 g/mol. The van der Waals surface area contributed by atoms with Crippen molar-refractivity contribution in [2.24, 2.45) is 10.2 Å². The molecule has 0 unspecified atom stereocenters. The molecule has 0 aliphatic carbocycles. The van der Waals surface area contributed by atoms with Crippen LogP contribution in [0.3, 0.4) is 0 Å². The van der Waals surface area contributed by atoms with Crippen LogP contribution in [0.4, 0.5) is 11.4 Å². The molecule has 17 heavy (non-hydrogen) atoms. The van der Waals surface area contributed by atoms with Gasteiger partial charge in [-0.2, -0.15) is 5.11 Å². The summed E-state index contributed by atoms with van der Waals surface area (Å²) in [6, 6.07) is 5.05. The normalized spacial score (nSPS) is 11.3. The molecule has 0 bridgehead atoms. The number of hydrogen-bond donors (Lipinski definition) is 0. The van der Waals surface area contributed by atoms with E-state index in [0.717, 1.165) is 0 Å². The summed E-state index contributed by atoms with van der Waals surface area (Å²) in [5.74, 6) is 0.631. The molecule has 6 heteroatoms. The van der Waals surface area contributed by atoms with Gasteiger partial charge in [0.2, 0.25) is 0 Å². The second-order valence-electron chi connectivity index (χ2n) is 3.47. The molecular weight excluding hydrogens is 261 g/mol. The molecule has 88 valence electrons. The molecule has 0 spiro atoms. The highest BCUT2D eigenvalue weighted by Crippen LogP contribution is 2.29. The average Bonchev–Trinajstić information content (AvgIpc) is 2.61. The predicted molar refractivity (Wildman–Crippen MR) is 66.6 cm³/mol. The Morgan fingerprint density at radius 2 is 1.88 bits per heavy atom. The van der Waals surface area contributed by atoms with Crippen molar-refractivity contribution in [1.82, 2.24) is 5.16 Å². The number of rotatable bonds is 2. The van der Waals surface area contributed by atoms with Gasteiger partial charge in [-0.1, -0.05) is 28.4 Å². The first-order chi connectivity index (χ1) is 8.08. The number of aryl methyl sites for hydroxylation is 2. The van der Waals surface area contributed by atoms with Crippen molar-refractivity contribution in [3.8, 4) is 0 Å². The lowest BCUT2D eigenvalue weighted by atomic mass is 10.3. The fourth-order valence-electron chi connectivity index (χ4n) is 1.28. The van der Waals surface area contributed by atoms with Crippen molar-refractivity contribution in [1.29, 1.82) is 0 Å². The lowest BCUT2D eigenvalue weighted by Crippen LogP contribution is -1.70. The number of benzene rings is 1. The largest absolute Gasteiger partial charge is 0.359 e. The highest BCUT2D eigenvalue weighted by Gasteiger charge is 2.07. The van der Waals surface area contributed by atoms with E-state index in [0.29, 0.717) is 32.9 Å². The molecule has 0 fully saturated rings. The summed E-state index contributed by atoms with van der Waals surface area (Å²) in [7, 11) is 0. The van der Waals surface area contributed by atoms with Crippen LogP contribution in [0, 0.1) is 13.8 Å². The third kappa shape index (κ3) is 2.65. The van der Waals surface area contributed by atoms with E-state index in [1.165, 1.54) is 0 Å². The average molecular weight is 270 g/mol. The minimum atomic E-state index is 0.446. The molecule has 1 aromatic carbocycles. The van der Waals surface area contributed by atoms with Crippen LogP contribution in [0.1, 0.15) is 11.5 Å². The third-order valence-corrected chi connectivity index (χ3v) is 2.90. The first-order valence-electron chi connectivity index (χ1n) is 4.87. The van der Waals surface area contributed by atoms with Crippen molar-refractivity contribution in [3.05, 3.63) is 39.7 Å². The van der Waals surface area contributed by atoms with Crippen LogP contribution < -0.4 is 0 Å². The van der Waals surface area contributed by atoms with Crippen LogP contribution in [0.2, 0.25) is 10.0 Å². The highest BCUT2D eigenvalue weighted by molar-refractivity contribution is 6.42. The molecule has 0 aliphatic heterocycles. The Morgan fingerprint density at radius 1 is 1.12 bits per heavy atom. The van der Waals surface area contributed by atoms with Crippen molar-refractivity contribution in [2.75, 3.05) is 0 Å². The number of azo groups is 1. The summed E-state index contributed by atoms with van der Waals surface area (Å²) >= 11 is 11.7. The lowest BCUT2D eigenvalue weighted by molar-refractivity contribution is 0.393. The van der Waals surface area contributed by atoms with E-state index < -0.39 is 0 Å². The van der Waals surface area contributed by atoms with Gasteiger partial charge in [0.1, 0.15) is 5.69 Å². The third-order valence-electron chi connectivity index (χ3n) is 2.16. The lowest BCUT2D eigenvalue weighted by Gasteiger charge is -1.96. The second kappa shape index (κ2) is 4.85. The zero-order valence-corrected chi connectivity index (χ0v) is 10.7. The zero-order chi connectivity index (χ0) is 12.4. The second-order valence-corrected chi connectivity index (χ2v) is 4.29. The first kappa shape index (κ1) is 12.1. The molecule has 2 aromatic rings. The Morgan fingerprint density at radius 3 is 2.47 bits per heavy atom. The summed E-state index contributed by atoms with van der Waals surface area (Å²) in [5.41, 5.74) is 1.96. The van der Waals surface area contributed by atoms with Crippen molar-refractivity contribution >= 4 is 34.6 Å². The van der Waals surface area contributed by atoms with Crippen LogP contribution in [0.15, 0.2) is 33.0 Å². The molecule has 0 N–H and O–H groups in total. The van der Waals surface area contributed by atoms with Gasteiger partial charge in [0.25, 0.3) is 0 Å². The maximum atomic E-state index is 5.87. The van der Waals surface area contributed by atoms with Gasteiger partial charge in [0.05, 0.1) is 15.7 Å². The zero-order valence-electron chi connectivity index (χ0n) is 9.24. The van der Waals surface area contributed by atoms with Crippen LogP contribution in [-0.4, -0.2) is 5.16 Å². The Balaban J connectivity index is 2.29. The van der Waals surface area contributed by atoms with Crippen LogP contribution in [-0.2, 0) is 0 Å². The number of nitrogens with zero attached hydrogens (tertiary/aromatic N) is 3. The maximum Gasteiger partial charge on any atom is 0.161 e. The number of hydrogen-bond acceptors (Lipinski definition) is 4. The quantitative estimate of drug-likeness (QED) is 0.720. The van der Waals surface area contributed by atoms with E-state index in [4.69, 9.17) is 27.7 Å². The Hall–Kier alpha value is -1.39. The molecule has 0 saturated carbocycles. The van der Waals surface area contributed by atoms with Gasteiger partial charge in [-0.25, -0.2) is 0 Å². The van der Waals surface area contributed by atoms with Gasteiger partial charge in [-0.05, 0) is 32.0 Å². The van der Waals surface area contributed by atoms with Gasteiger partial charge in [-0.3, -0.25) is 0 Å². The molecule has 0 amide bonds. The fraction of sp³-hybridized carbons (Fsp3) is 0.182. The summed E-state index contributed by atoms with van der Waals surface area (Å²) in [4.78, 5) is 0. The summed E-state index contributed by atoms with van der Waals surface area (Å²) < 4.78 is 4.98. The topological polar surface area (TPSA) is 50.8 Å². The molecule has 0 saturated heterocycles. The number of halogens is 2. The van der Waals surface area contributed by atoms with E-state index in [9.17, 15) is 0 Å². The Bertz CT molecular complexity index is 559. The molecule has 0 aliphatic rings. The van der Waals surface area contributed by atoms with Gasteiger partial charge >= 0.3 is 0 Å². The van der Waals surface area contributed by atoms with E-state index in [1.54, 1.807) is 32.0 Å². The minimum Gasteiger partial charge on any atom is -0.359 e. The van der Waals surface area contributed by atoms with Gasteiger partial charge < -0.3 is 4.52 Å². The van der Waals surface area contributed by atoms with Crippen molar-refractivity contribution < 1.29 is 4.52 Å². The van der Waals surface area contributed by atoms with E-state index in [-0.39, 0.29) is 0 Å². The molecule has 1 heterocycles. The summed E-state index contributed by atoms with van der Waals surface area (Å²) in [5, 5.41) is 12.8. The van der Waals surface area contributed by atoms with Crippen molar-refractivity contribution in [3.63, 3.8) is 0 Å². The molecule has 4 nitrogen and oxygen atoms in total. The number of aromatic nitrogens is 1. The standard InChI is InChI=1S/C11H9Cl2N3O/c1-6-11(7(2)17-16-6)15-14-8-3-4-9(12)10(13)5-8/h3-5H,1-2H3. The van der Waals surface area contributed by atoms with Gasteiger partial charge in [0.15, 0.2) is 11.4 Å². The van der Waals surface area contributed by atoms with Crippen LogP contribution >= 0.6 is 23.2 Å². The Labute approximate surface area is 108 Å². The smallest absolute Gasteiger partial charge is 0.161 e. The molecule has 2 rings (SSSR count). The first-order valence-corrected chi connectivity index (χ1v) is 5.63. The predicted octanol–water partition coefficient (Wildman–Crippen LogP) is 5.01. The van der Waals surface area contributed by atoms with E-state index >= 15 is 0 Å². The minimum absolute atomic E-state index is 0.446. The Kier molecular flexibility index (Phi) is 3.45. The SMILES string of the molecule is Cc1noc(C)c1N=Nc1ccc(Cl)c(Cl)c1. The summed E-state index contributed by atoms with van der Waals surface area (Å²) in [6.45, 7) is 3.59. The summed E-state index contributed by atoms with van der Waals surface area (Å²) in [6.07, 6.45) is 0. The van der Waals surface area contributed by atoms with Gasteiger partial charge in [-0.15, -0.1) is 5.11 Å². The highest BCUT2D eigenvalue weighted by atomic mass is 35.5. The van der Waals surface area contributed by atoms with E-state index in [2.05, 4.69) is 15.4 Å². The molecule has 0 atom stereocenters. The van der Waals surface area contributed by atoms with Crippen LogP contribution in [0.5, 0.6) is 0 Å². The molecular formula is C11H9Cl2N3O. The van der Waals surface area contributed by atoms with Crippen LogP contribution in [0.25, 0.3) is 0 Å². The maximum absolute atomic E-state index is 5.87. The van der Waals surface area contributed by atoms with Crippen molar-refractivity contribution in [2.45, 2.75) is 13.8 Å². The van der Waals surface area contributed by atoms with E-state index in [1.807, 2.05) is 0 Å². The fourth-order valence-corrected chi connectivity index (χ4v) is 1.57. The molecule has 1 aromatic heterocycles. The van der Waals surface area contributed by atoms with Gasteiger partial charge in [0, 0.05) is 0 Å².